The van der Waals surface area contributed by atoms with Crippen molar-refractivity contribution in [3.8, 4) is 0 Å². The monoisotopic (exact) mass is 322 g/mol. The van der Waals surface area contributed by atoms with E-state index in [2.05, 4.69) is 23.7 Å². The van der Waals surface area contributed by atoms with Crippen LogP contribution in [0.3, 0.4) is 0 Å². The summed E-state index contributed by atoms with van der Waals surface area (Å²) in [5.41, 5.74) is 1.92. The van der Waals surface area contributed by atoms with Gasteiger partial charge in [-0.1, -0.05) is 31.2 Å². The number of hydrogen-bond acceptors (Lipinski definition) is 4. The van der Waals surface area contributed by atoms with E-state index >= 15 is 0 Å². The average molecular weight is 322 g/mol. The Morgan fingerprint density at radius 1 is 1.32 bits per heavy atom. The molecule has 0 bridgehead atoms. The smallest absolute Gasteiger partial charge is 0.180 e. The van der Waals surface area contributed by atoms with Gasteiger partial charge in [0.2, 0.25) is 0 Å². The first-order valence-corrected chi connectivity index (χ1v) is 9.52. The first-order chi connectivity index (χ1) is 10.4. The molecule has 5 heteroatoms. The van der Waals surface area contributed by atoms with Gasteiger partial charge in [-0.25, -0.2) is 8.42 Å². The van der Waals surface area contributed by atoms with Gasteiger partial charge in [-0.05, 0) is 31.9 Å². The molecule has 0 amide bonds. The lowest BCUT2D eigenvalue weighted by atomic mass is 10.0. The quantitative estimate of drug-likeness (QED) is 0.818. The van der Waals surface area contributed by atoms with Gasteiger partial charge in [0.25, 0.3) is 0 Å². The van der Waals surface area contributed by atoms with Crippen molar-refractivity contribution in [3.63, 3.8) is 0 Å². The predicted octanol–water partition coefficient (Wildman–Crippen LogP) is 2.93. The second-order valence-corrected chi connectivity index (χ2v) is 8.30. The van der Waals surface area contributed by atoms with Crippen molar-refractivity contribution in [2.45, 2.75) is 37.6 Å². The Bertz CT molecular complexity index is 617. The van der Waals surface area contributed by atoms with Crippen LogP contribution in [0.5, 0.6) is 0 Å². The number of nitrogens with zero attached hydrogens (tertiary/aromatic N) is 1. The molecule has 0 saturated carbocycles. The van der Waals surface area contributed by atoms with E-state index in [4.69, 9.17) is 0 Å². The van der Waals surface area contributed by atoms with Crippen LogP contribution in [0.15, 0.2) is 41.3 Å². The van der Waals surface area contributed by atoms with E-state index in [1.165, 1.54) is 5.57 Å². The van der Waals surface area contributed by atoms with Crippen LogP contribution < -0.4 is 5.32 Å². The van der Waals surface area contributed by atoms with Gasteiger partial charge >= 0.3 is 0 Å². The molecular formula is C17H26N2O2S. The maximum absolute atomic E-state index is 12.2. The van der Waals surface area contributed by atoms with Gasteiger partial charge < -0.3 is 5.32 Å². The van der Waals surface area contributed by atoms with Crippen LogP contribution in [0.25, 0.3) is 0 Å². The van der Waals surface area contributed by atoms with Gasteiger partial charge in [0.05, 0.1) is 16.3 Å². The summed E-state index contributed by atoms with van der Waals surface area (Å²) in [5, 5.41) is 3.44. The van der Waals surface area contributed by atoms with Crippen molar-refractivity contribution >= 4 is 15.5 Å². The molecule has 1 aromatic rings. The Kier molecular flexibility index (Phi) is 5.64. The maximum atomic E-state index is 12.2. The summed E-state index contributed by atoms with van der Waals surface area (Å²) in [7, 11) is -3.19. The fraction of sp³-hybridized carbons (Fsp3) is 0.529. The molecule has 0 radical (unpaired) electrons. The second-order valence-electron chi connectivity index (χ2n) is 6.05. The Morgan fingerprint density at radius 3 is 2.55 bits per heavy atom. The first kappa shape index (κ1) is 17.0. The summed E-state index contributed by atoms with van der Waals surface area (Å²) in [6, 6.07) is 7.55. The molecule has 1 saturated heterocycles. The topological polar surface area (TPSA) is 49.4 Å². The Hall–Kier alpha value is -1.33. The number of sulfone groups is 1. The third-order valence-electron chi connectivity index (χ3n) is 4.04. The highest BCUT2D eigenvalue weighted by molar-refractivity contribution is 7.91. The molecular weight excluding hydrogens is 296 g/mol. The van der Waals surface area contributed by atoms with Gasteiger partial charge in [0.15, 0.2) is 9.84 Å². The number of para-hydroxylation sites is 1. The molecule has 1 fully saturated rings. The molecule has 4 nitrogen and oxygen atoms in total. The highest BCUT2D eigenvalue weighted by Crippen LogP contribution is 2.25. The van der Waals surface area contributed by atoms with E-state index in [0.717, 1.165) is 38.2 Å². The van der Waals surface area contributed by atoms with E-state index in [1.54, 1.807) is 19.1 Å². The Morgan fingerprint density at radius 2 is 1.95 bits per heavy atom. The highest BCUT2D eigenvalue weighted by atomic mass is 32.2. The number of nitrogens with one attached hydrogen (secondary N) is 1. The van der Waals surface area contributed by atoms with Crippen molar-refractivity contribution in [2.24, 2.45) is 0 Å². The average Bonchev–Trinajstić information content (AvgIpc) is 2.49. The molecule has 0 atom stereocenters. The molecule has 122 valence electrons. The molecule has 0 unspecified atom stereocenters. The number of likely N-dealkylation sites (tertiary alicyclic amines) is 1. The Balaban J connectivity index is 2.03. The molecule has 2 rings (SSSR count). The Labute approximate surface area is 134 Å². The third-order valence-corrected chi connectivity index (χ3v) is 5.83. The molecule has 22 heavy (non-hydrogen) atoms. The first-order valence-electron chi connectivity index (χ1n) is 7.87. The molecule has 1 aromatic carbocycles. The zero-order valence-electron chi connectivity index (χ0n) is 13.5. The summed E-state index contributed by atoms with van der Waals surface area (Å²) in [6.45, 7) is 10.7. The molecule has 0 spiro atoms. The number of hydrogen-bond donors (Lipinski definition) is 1. The van der Waals surface area contributed by atoms with Gasteiger partial charge in [-0.3, -0.25) is 4.90 Å². The lowest BCUT2D eigenvalue weighted by Gasteiger charge is -2.33. The number of anilines is 1. The molecule has 0 aliphatic carbocycles. The van der Waals surface area contributed by atoms with E-state index in [0.29, 0.717) is 10.9 Å². The largest absolute Gasteiger partial charge is 0.381 e. The minimum atomic E-state index is -3.19. The van der Waals surface area contributed by atoms with Gasteiger partial charge in [0.1, 0.15) is 0 Å². The van der Waals surface area contributed by atoms with Crippen LogP contribution in [0.4, 0.5) is 5.69 Å². The number of benzene rings is 1. The fourth-order valence-corrected chi connectivity index (χ4v) is 3.91. The van der Waals surface area contributed by atoms with E-state index in [9.17, 15) is 8.42 Å². The van der Waals surface area contributed by atoms with Crippen molar-refractivity contribution in [3.05, 3.63) is 36.4 Å². The van der Waals surface area contributed by atoms with E-state index in [-0.39, 0.29) is 5.75 Å². The van der Waals surface area contributed by atoms with Crippen molar-refractivity contribution in [2.75, 3.05) is 30.7 Å². The molecule has 1 aliphatic rings. The minimum absolute atomic E-state index is 0.128. The predicted molar refractivity (Wildman–Crippen MR) is 92.1 cm³/mol. The van der Waals surface area contributed by atoms with Crippen LogP contribution >= 0.6 is 0 Å². The third kappa shape index (κ3) is 4.34. The van der Waals surface area contributed by atoms with Crippen molar-refractivity contribution in [1.82, 2.24) is 4.90 Å². The number of piperidine rings is 1. The normalized spacial score (nSPS) is 17.4. The summed E-state index contributed by atoms with van der Waals surface area (Å²) in [5.74, 6) is 0.128. The summed E-state index contributed by atoms with van der Waals surface area (Å²) in [4.78, 5) is 2.82. The van der Waals surface area contributed by atoms with Gasteiger partial charge in [-0.15, -0.1) is 0 Å². The van der Waals surface area contributed by atoms with Crippen LogP contribution in [-0.4, -0.2) is 44.7 Å². The van der Waals surface area contributed by atoms with Crippen molar-refractivity contribution in [1.29, 1.82) is 0 Å². The van der Waals surface area contributed by atoms with Crippen LogP contribution in [0.2, 0.25) is 0 Å². The van der Waals surface area contributed by atoms with Crippen LogP contribution in [0, 0.1) is 0 Å². The molecule has 1 N–H and O–H groups in total. The van der Waals surface area contributed by atoms with Crippen LogP contribution in [0.1, 0.15) is 26.7 Å². The summed E-state index contributed by atoms with van der Waals surface area (Å²) < 4.78 is 24.4. The summed E-state index contributed by atoms with van der Waals surface area (Å²) >= 11 is 0. The standard InChI is InChI=1S/C17H26N2O2S/c1-4-22(20,21)17-8-6-5-7-16(17)18-15-9-11-19(12-10-15)13-14(2)3/h5-8,15,18H,2,4,9-13H2,1,3H3. The molecule has 1 heterocycles. The lowest BCUT2D eigenvalue weighted by molar-refractivity contribution is 0.235. The molecule has 1 aliphatic heterocycles. The SMILES string of the molecule is C=C(C)CN1CCC(Nc2ccccc2S(=O)(=O)CC)CC1. The highest BCUT2D eigenvalue weighted by Gasteiger charge is 2.22. The second kappa shape index (κ2) is 7.29. The maximum Gasteiger partial charge on any atom is 0.180 e. The van der Waals surface area contributed by atoms with E-state index < -0.39 is 9.84 Å². The molecule has 0 aromatic heterocycles. The van der Waals surface area contributed by atoms with Crippen molar-refractivity contribution < 1.29 is 8.42 Å². The lowest BCUT2D eigenvalue weighted by Crippen LogP contribution is -2.39. The van der Waals surface area contributed by atoms with Gasteiger partial charge in [-0.2, -0.15) is 0 Å². The van der Waals surface area contributed by atoms with E-state index in [1.807, 2.05) is 12.1 Å². The zero-order chi connectivity index (χ0) is 16.2. The number of rotatable bonds is 6. The summed E-state index contributed by atoms with van der Waals surface area (Å²) in [6.07, 6.45) is 2.04. The minimum Gasteiger partial charge on any atom is -0.381 e. The zero-order valence-corrected chi connectivity index (χ0v) is 14.3. The van der Waals surface area contributed by atoms with Gasteiger partial charge in [0, 0.05) is 25.7 Å². The van der Waals surface area contributed by atoms with Crippen LogP contribution in [-0.2, 0) is 9.84 Å². The fourth-order valence-electron chi connectivity index (χ4n) is 2.85.